The summed E-state index contributed by atoms with van der Waals surface area (Å²) in [5, 5.41) is 1.57. The van der Waals surface area contributed by atoms with Crippen LogP contribution in [0.5, 0.6) is 0 Å². The van der Waals surface area contributed by atoms with Gasteiger partial charge in [-0.25, -0.2) is 0 Å². The molecule has 0 saturated carbocycles. The molecule has 1 rings (SSSR count). The molecule has 96 valence electrons. The average Bonchev–Trinajstić information content (AvgIpc) is 2.30. The Morgan fingerprint density at radius 1 is 1.47 bits per heavy atom. The normalized spacial score (nSPS) is 12.5. The lowest BCUT2D eigenvalue weighted by molar-refractivity contribution is 0.182. The molecule has 0 aliphatic rings. The van der Waals surface area contributed by atoms with Gasteiger partial charge in [-0.3, -0.25) is 0 Å². The number of hydrogen-bond acceptors (Lipinski definition) is 2. The topological polar surface area (TPSA) is 12.5 Å². The highest BCUT2D eigenvalue weighted by atomic mass is 79.9. The molecule has 0 heterocycles. The first-order valence-corrected chi connectivity index (χ1v) is 7.24. The van der Waals surface area contributed by atoms with E-state index in [1.165, 1.54) is 5.69 Å². The van der Waals surface area contributed by atoms with Crippen LogP contribution >= 0.6 is 27.5 Å². The second kappa shape index (κ2) is 7.24. The van der Waals surface area contributed by atoms with E-state index in [1.54, 1.807) is 7.11 Å². The van der Waals surface area contributed by atoms with Gasteiger partial charge in [0.05, 0.1) is 6.61 Å². The summed E-state index contributed by atoms with van der Waals surface area (Å²) in [7, 11) is 1.73. The highest BCUT2D eigenvalue weighted by Crippen LogP contribution is 2.30. The molecule has 1 atom stereocenters. The molecule has 0 aliphatic heterocycles. The zero-order valence-corrected chi connectivity index (χ0v) is 12.9. The Kier molecular flexibility index (Phi) is 6.31. The van der Waals surface area contributed by atoms with E-state index in [0.717, 1.165) is 22.5 Å². The van der Waals surface area contributed by atoms with Crippen molar-refractivity contribution < 1.29 is 4.74 Å². The summed E-state index contributed by atoms with van der Waals surface area (Å²) in [6.07, 6.45) is 0. The molecular weight excluding hydrogens is 302 g/mol. The van der Waals surface area contributed by atoms with E-state index in [9.17, 15) is 0 Å². The van der Waals surface area contributed by atoms with Crippen LogP contribution in [0.25, 0.3) is 0 Å². The first kappa shape index (κ1) is 14.8. The van der Waals surface area contributed by atoms with Crippen LogP contribution in [0.3, 0.4) is 0 Å². The highest BCUT2D eigenvalue weighted by molar-refractivity contribution is 9.08. The Bertz CT molecular complexity index is 359. The highest BCUT2D eigenvalue weighted by Gasteiger charge is 2.16. The number of nitrogens with zero attached hydrogens (tertiary/aromatic N) is 1. The Balaban J connectivity index is 3.06. The van der Waals surface area contributed by atoms with Crippen LogP contribution in [0.1, 0.15) is 19.4 Å². The van der Waals surface area contributed by atoms with Crippen LogP contribution in [0, 0.1) is 0 Å². The van der Waals surface area contributed by atoms with Crippen molar-refractivity contribution in [1.29, 1.82) is 0 Å². The van der Waals surface area contributed by atoms with Crippen molar-refractivity contribution in [3.8, 4) is 0 Å². The van der Waals surface area contributed by atoms with Gasteiger partial charge in [0.25, 0.3) is 0 Å². The molecule has 1 aromatic carbocycles. The molecule has 0 radical (unpaired) electrons. The van der Waals surface area contributed by atoms with Crippen LogP contribution in [0.15, 0.2) is 18.2 Å². The average molecular weight is 321 g/mol. The number of rotatable bonds is 6. The maximum atomic E-state index is 6.22. The SMILES string of the molecule is CCN(c1cccc(Cl)c1CBr)C(C)COC. The summed E-state index contributed by atoms with van der Waals surface area (Å²) in [5.74, 6) is 0. The van der Waals surface area contributed by atoms with Gasteiger partial charge in [0.15, 0.2) is 0 Å². The molecule has 4 heteroatoms. The molecule has 0 N–H and O–H groups in total. The summed E-state index contributed by atoms with van der Waals surface area (Å²) in [6.45, 7) is 5.95. The minimum Gasteiger partial charge on any atom is -0.383 e. The minimum atomic E-state index is 0.335. The Hall–Kier alpha value is -0.250. The molecule has 0 spiro atoms. The number of alkyl halides is 1. The summed E-state index contributed by atoms with van der Waals surface area (Å²) >= 11 is 9.73. The van der Waals surface area contributed by atoms with E-state index >= 15 is 0 Å². The zero-order chi connectivity index (χ0) is 12.8. The molecule has 0 saturated heterocycles. The summed E-state index contributed by atoms with van der Waals surface area (Å²) in [4.78, 5) is 2.31. The van der Waals surface area contributed by atoms with Gasteiger partial charge in [-0.1, -0.05) is 33.6 Å². The molecule has 0 aromatic heterocycles. The van der Waals surface area contributed by atoms with Crippen molar-refractivity contribution in [2.45, 2.75) is 25.2 Å². The summed E-state index contributed by atoms with van der Waals surface area (Å²) in [6, 6.07) is 6.36. The first-order chi connectivity index (χ1) is 8.15. The predicted octanol–water partition coefficient (Wildman–Crippen LogP) is 4.10. The lowest BCUT2D eigenvalue weighted by atomic mass is 10.1. The molecule has 0 fully saturated rings. The lowest BCUT2D eigenvalue weighted by Crippen LogP contribution is -2.36. The van der Waals surface area contributed by atoms with E-state index in [1.807, 2.05) is 12.1 Å². The second-order valence-corrected chi connectivity index (χ2v) is 4.93. The first-order valence-electron chi connectivity index (χ1n) is 5.74. The van der Waals surface area contributed by atoms with Crippen LogP contribution in [-0.4, -0.2) is 26.3 Å². The van der Waals surface area contributed by atoms with Gasteiger partial charge in [0.1, 0.15) is 0 Å². The number of likely N-dealkylation sites (N-methyl/N-ethyl adjacent to an activating group) is 1. The van der Waals surface area contributed by atoms with E-state index < -0.39 is 0 Å². The zero-order valence-electron chi connectivity index (χ0n) is 10.5. The van der Waals surface area contributed by atoms with Crippen molar-refractivity contribution in [3.63, 3.8) is 0 Å². The van der Waals surface area contributed by atoms with Gasteiger partial charge in [0.2, 0.25) is 0 Å². The number of anilines is 1. The van der Waals surface area contributed by atoms with Crippen molar-refractivity contribution in [2.24, 2.45) is 0 Å². The summed E-state index contributed by atoms with van der Waals surface area (Å²) < 4.78 is 5.23. The van der Waals surface area contributed by atoms with Gasteiger partial charge in [0, 0.05) is 41.3 Å². The number of methoxy groups -OCH3 is 1. The second-order valence-electron chi connectivity index (χ2n) is 3.96. The lowest BCUT2D eigenvalue weighted by Gasteiger charge is -2.31. The molecule has 0 bridgehead atoms. The van der Waals surface area contributed by atoms with Crippen molar-refractivity contribution in [1.82, 2.24) is 0 Å². The van der Waals surface area contributed by atoms with E-state index in [-0.39, 0.29) is 0 Å². The predicted molar refractivity (Wildman–Crippen MR) is 78.4 cm³/mol. The quantitative estimate of drug-likeness (QED) is 0.732. The number of halogens is 2. The minimum absolute atomic E-state index is 0.335. The van der Waals surface area contributed by atoms with Crippen molar-refractivity contribution >= 4 is 33.2 Å². The molecule has 0 amide bonds. The van der Waals surface area contributed by atoms with Crippen LogP contribution in [0.4, 0.5) is 5.69 Å². The van der Waals surface area contributed by atoms with Gasteiger partial charge in [-0.15, -0.1) is 0 Å². The number of benzene rings is 1. The molecule has 1 unspecified atom stereocenters. The van der Waals surface area contributed by atoms with Gasteiger partial charge in [-0.05, 0) is 26.0 Å². The molecule has 2 nitrogen and oxygen atoms in total. The summed E-state index contributed by atoms with van der Waals surface area (Å²) in [5.41, 5.74) is 2.32. The number of ether oxygens (including phenoxy) is 1. The smallest absolute Gasteiger partial charge is 0.0663 e. The third-order valence-electron chi connectivity index (χ3n) is 2.82. The van der Waals surface area contributed by atoms with Gasteiger partial charge in [-0.2, -0.15) is 0 Å². The Labute approximate surface area is 117 Å². The molecule has 17 heavy (non-hydrogen) atoms. The van der Waals surface area contributed by atoms with Crippen molar-refractivity contribution in [3.05, 3.63) is 28.8 Å². The van der Waals surface area contributed by atoms with Gasteiger partial charge < -0.3 is 9.64 Å². The van der Waals surface area contributed by atoms with E-state index in [2.05, 4.69) is 40.7 Å². The van der Waals surface area contributed by atoms with Crippen LogP contribution in [0.2, 0.25) is 5.02 Å². The molecule has 0 aliphatic carbocycles. The third kappa shape index (κ3) is 3.60. The maximum Gasteiger partial charge on any atom is 0.0663 e. The maximum absolute atomic E-state index is 6.22. The Morgan fingerprint density at radius 2 is 2.18 bits per heavy atom. The Morgan fingerprint density at radius 3 is 2.71 bits per heavy atom. The fourth-order valence-electron chi connectivity index (χ4n) is 2.00. The number of hydrogen-bond donors (Lipinski definition) is 0. The fourth-order valence-corrected chi connectivity index (χ4v) is 2.99. The third-order valence-corrected chi connectivity index (χ3v) is 3.73. The standard InChI is InChI=1S/C13H19BrClNO/c1-4-16(10(2)9-17-3)13-7-5-6-12(15)11(13)8-14/h5-7,10H,4,8-9H2,1-3H3. The van der Waals surface area contributed by atoms with Gasteiger partial charge >= 0.3 is 0 Å². The largest absolute Gasteiger partial charge is 0.383 e. The molecular formula is C13H19BrClNO. The van der Waals surface area contributed by atoms with Crippen LogP contribution in [-0.2, 0) is 10.1 Å². The fraction of sp³-hybridized carbons (Fsp3) is 0.538. The van der Waals surface area contributed by atoms with Crippen LogP contribution < -0.4 is 4.90 Å². The monoisotopic (exact) mass is 319 g/mol. The van der Waals surface area contributed by atoms with Crippen molar-refractivity contribution in [2.75, 3.05) is 25.2 Å². The molecule has 1 aromatic rings. The van der Waals surface area contributed by atoms with E-state index in [0.29, 0.717) is 12.6 Å². The van der Waals surface area contributed by atoms with E-state index in [4.69, 9.17) is 16.3 Å².